The molecule has 3 rings (SSSR count). The number of rotatable bonds is 10. The molecule has 1 aromatic heterocycles. The van der Waals surface area contributed by atoms with Crippen molar-refractivity contribution in [3.8, 4) is 17.6 Å². The quantitative estimate of drug-likeness (QED) is 0.483. The van der Waals surface area contributed by atoms with Gasteiger partial charge in [-0.2, -0.15) is 5.26 Å². The molecule has 0 bridgehead atoms. The smallest absolute Gasteiger partial charge is 0.230 e. The molecule has 2 aromatic rings. The fourth-order valence-corrected chi connectivity index (χ4v) is 5.16. The molecule has 0 aliphatic heterocycles. The Bertz CT molecular complexity index is 1060. The van der Waals surface area contributed by atoms with E-state index < -0.39 is 0 Å². The number of hydrogen-bond donors (Lipinski definition) is 1. The van der Waals surface area contributed by atoms with Gasteiger partial charge in [0.05, 0.1) is 25.5 Å². The lowest BCUT2D eigenvalue weighted by Gasteiger charge is -2.37. The maximum Gasteiger partial charge on any atom is 0.230 e. The number of fused-ring (bicyclic) bond motifs is 1. The van der Waals surface area contributed by atoms with Gasteiger partial charge in [-0.25, -0.2) is 4.98 Å². The third-order valence-electron chi connectivity index (χ3n) is 7.01. The van der Waals surface area contributed by atoms with E-state index >= 15 is 0 Å². The number of ether oxygens (including phenoxy) is 2. The van der Waals surface area contributed by atoms with Gasteiger partial charge in [0.1, 0.15) is 11.1 Å². The molecule has 1 aliphatic carbocycles. The van der Waals surface area contributed by atoms with E-state index in [2.05, 4.69) is 32.2 Å². The fourth-order valence-electron chi connectivity index (χ4n) is 4.36. The van der Waals surface area contributed by atoms with Crippen molar-refractivity contribution in [3.63, 3.8) is 0 Å². The lowest BCUT2D eigenvalue weighted by Crippen LogP contribution is -2.29. The third-order valence-corrected chi connectivity index (χ3v) is 8.00. The van der Waals surface area contributed by atoms with Gasteiger partial charge < -0.3 is 14.8 Å². The summed E-state index contributed by atoms with van der Waals surface area (Å²) in [6.07, 6.45) is 4.85. The zero-order chi connectivity index (χ0) is 24.7. The number of amides is 1. The number of methoxy groups -OCH3 is 2. The van der Waals surface area contributed by atoms with Crippen LogP contribution in [-0.2, 0) is 24.1 Å². The Kier molecular flexibility index (Phi) is 8.84. The highest BCUT2D eigenvalue weighted by Gasteiger charge is 2.32. The molecule has 0 saturated heterocycles. The maximum atomic E-state index is 12.4. The zero-order valence-electron chi connectivity index (χ0n) is 20.9. The summed E-state index contributed by atoms with van der Waals surface area (Å²) >= 11 is 1.34. The average Bonchev–Trinajstić information content (AvgIpc) is 2.86. The van der Waals surface area contributed by atoms with Crippen molar-refractivity contribution in [1.82, 2.24) is 10.3 Å². The SMILES string of the molecule is CCC(C)(C)C1CCc2nc(SCC(=O)NCCc3ccc(OC)c(OC)c3)c(C#N)cc2C1. The number of thioether (sulfide) groups is 1. The van der Waals surface area contributed by atoms with Crippen molar-refractivity contribution in [1.29, 1.82) is 5.26 Å². The Morgan fingerprint density at radius 2 is 2.03 bits per heavy atom. The predicted molar refractivity (Wildman–Crippen MR) is 136 cm³/mol. The first-order chi connectivity index (χ1) is 16.3. The molecular weight excluding hydrogens is 446 g/mol. The Hall–Kier alpha value is -2.72. The summed E-state index contributed by atoms with van der Waals surface area (Å²) in [7, 11) is 3.21. The van der Waals surface area contributed by atoms with E-state index in [0.717, 1.165) is 36.9 Å². The topological polar surface area (TPSA) is 84.2 Å². The summed E-state index contributed by atoms with van der Waals surface area (Å²) in [5.41, 5.74) is 4.18. The van der Waals surface area contributed by atoms with Gasteiger partial charge in [-0.15, -0.1) is 0 Å². The Morgan fingerprint density at radius 1 is 1.26 bits per heavy atom. The van der Waals surface area contributed by atoms with E-state index in [1.54, 1.807) is 14.2 Å². The van der Waals surface area contributed by atoms with E-state index in [1.165, 1.54) is 17.3 Å². The van der Waals surface area contributed by atoms with Crippen molar-refractivity contribution in [3.05, 3.63) is 46.6 Å². The number of nitrogens with one attached hydrogen (secondary N) is 1. The molecule has 1 aromatic carbocycles. The minimum Gasteiger partial charge on any atom is -0.493 e. The maximum absolute atomic E-state index is 12.4. The monoisotopic (exact) mass is 481 g/mol. The molecule has 1 atom stereocenters. The van der Waals surface area contributed by atoms with Crippen molar-refractivity contribution < 1.29 is 14.3 Å². The van der Waals surface area contributed by atoms with Gasteiger partial charge in [-0.3, -0.25) is 4.79 Å². The Labute approximate surface area is 207 Å². The highest BCUT2D eigenvalue weighted by Crippen LogP contribution is 2.40. The standard InChI is InChI=1S/C27H35N3O3S/c1-6-27(2,3)21-8-9-22-19(15-21)14-20(16-28)26(30-22)34-17-25(31)29-12-11-18-7-10-23(32-4)24(13-18)33-5/h7,10,13-14,21H,6,8-9,11-12,15,17H2,1-5H3,(H,29,31). The molecule has 1 unspecified atom stereocenters. The van der Waals surface area contributed by atoms with E-state index in [9.17, 15) is 10.1 Å². The van der Waals surface area contributed by atoms with Crippen molar-refractivity contribution in [2.24, 2.45) is 11.3 Å². The van der Waals surface area contributed by atoms with Crippen LogP contribution in [0.2, 0.25) is 0 Å². The second kappa shape index (κ2) is 11.6. The third kappa shape index (κ3) is 6.24. The summed E-state index contributed by atoms with van der Waals surface area (Å²) < 4.78 is 10.6. The first kappa shape index (κ1) is 25.9. The van der Waals surface area contributed by atoms with E-state index in [4.69, 9.17) is 14.5 Å². The minimum atomic E-state index is -0.0707. The van der Waals surface area contributed by atoms with Gasteiger partial charge in [0, 0.05) is 12.2 Å². The lowest BCUT2D eigenvalue weighted by molar-refractivity contribution is -0.118. The van der Waals surface area contributed by atoms with Gasteiger partial charge in [0.25, 0.3) is 0 Å². The number of aryl methyl sites for hydroxylation is 1. The molecule has 0 spiro atoms. The normalized spacial score (nSPS) is 15.2. The first-order valence-corrected chi connectivity index (χ1v) is 12.8. The number of nitriles is 1. The largest absolute Gasteiger partial charge is 0.493 e. The fraction of sp³-hybridized carbons (Fsp3) is 0.519. The van der Waals surface area contributed by atoms with Crippen molar-refractivity contribution in [2.45, 2.75) is 57.9 Å². The van der Waals surface area contributed by atoms with E-state index in [1.807, 2.05) is 24.3 Å². The van der Waals surface area contributed by atoms with Crippen LogP contribution in [0, 0.1) is 22.7 Å². The molecule has 1 aliphatic rings. The van der Waals surface area contributed by atoms with Crippen LogP contribution in [0.3, 0.4) is 0 Å². The van der Waals surface area contributed by atoms with Crippen LogP contribution < -0.4 is 14.8 Å². The van der Waals surface area contributed by atoms with Crippen LogP contribution in [0.4, 0.5) is 0 Å². The van der Waals surface area contributed by atoms with Crippen LogP contribution in [0.15, 0.2) is 29.3 Å². The van der Waals surface area contributed by atoms with E-state index in [-0.39, 0.29) is 17.1 Å². The molecule has 1 heterocycles. The molecule has 0 saturated carbocycles. The van der Waals surface area contributed by atoms with Crippen molar-refractivity contribution in [2.75, 3.05) is 26.5 Å². The molecule has 0 fully saturated rings. The lowest BCUT2D eigenvalue weighted by atomic mass is 9.69. The van der Waals surface area contributed by atoms with Crippen LogP contribution in [0.5, 0.6) is 11.5 Å². The van der Waals surface area contributed by atoms with E-state index in [0.29, 0.717) is 41.0 Å². The minimum absolute atomic E-state index is 0.0707. The molecule has 34 heavy (non-hydrogen) atoms. The first-order valence-electron chi connectivity index (χ1n) is 11.8. The number of carbonyl (C=O) groups is 1. The summed E-state index contributed by atoms with van der Waals surface area (Å²) in [5, 5.41) is 13.3. The Balaban J connectivity index is 1.55. The number of hydrogen-bond acceptors (Lipinski definition) is 6. The van der Waals surface area contributed by atoms with Crippen LogP contribution in [0.1, 0.15) is 56.0 Å². The van der Waals surface area contributed by atoms with Crippen molar-refractivity contribution >= 4 is 17.7 Å². The Morgan fingerprint density at radius 3 is 2.71 bits per heavy atom. The van der Waals surface area contributed by atoms with Gasteiger partial charge in [-0.1, -0.05) is 45.0 Å². The molecule has 0 radical (unpaired) electrons. The van der Waals surface area contributed by atoms with Gasteiger partial charge in [-0.05, 0) is 66.3 Å². The number of carbonyl (C=O) groups excluding carboxylic acids is 1. The second-order valence-corrected chi connectivity index (χ2v) is 10.4. The molecule has 1 N–H and O–H groups in total. The second-order valence-electron chi connectivity index (χ2n) is 9.42. The highest BCUT2D eigenvalue weighted by atomic mass is 32.2. The number of benzene rings is 1. The predicted octanol–water partition coefficient (Wildman–Crippen LogP) is 4.96. The number of nitrogens with zero attached hydrogens (tertiary/aromatic N) is 2. The molecular formula is C27H35N3O3S. The van der Waals surface area contributed by atoms with Crippen LogP contribution in [-0.4, -0.2) is 37.4 Å². The molecule has 182 valence electrons. The highest BCUT2D eigenvalue weighted by molar-refractivity contribution is 8.00. The molecule has 1 amide bonds. The summed E-state index contributed by atoms with van der Waals surface area (Å²) in [5.74, 6) is 2.13. The van der Waals surface area contributed by atoms with Gasteiger partial charge >= 0.3 is 0 Å². The number of aromatic nitrogens is 1. The average molecular weight is 482 g/mol. The van der Waals surface area contributed by atoms with Gasteiger partial charge in [0.15, 0.2) is 11.5 Å². The summed E-state index contributed by atoms with van der Waals surface area (Å²) in [6.45, 7) is 7.42. The number of pyridine rings is 1. The van der Waals surface area contributed by atoms with Crippen LogP contribution >= 0.6 is 11.8 Å². The zero-order valence-corrected chi connectivity index (χ0v) is 21.7. The van der Waals surface area contributed by atoms with Crippen LogP contribution in [0.25, 0.3) is 0 Å². The summed E-state index contributed by atoms with van der Waals surface area (Å²) in [4.78, 5) is 17.2. The molecule has 7 heteroatoms. The van der Waals surface area contributed by atoms with Gasteiger partial charge in [0.2, 0.25) is 5.91 Å². The molecule has 6 nitrogen and oxygen atoms in total. The summed E-state index contributed by atoms with van der Waals surface area (Å²) in [6, 6.07) is 10.0.